The molecule has 1 heterocycles. The standard InChI is InChI=1S/C18H38N2/c1-6-17(19-7-2)11-9-14-20-13-8-10-16(12-15-20)18(3,4)5/h16-17,19H,6-15H2,1-5H3. The van der Waals surface area contributed by atoms with E-state index in [4.69, 9.17) is 0 Å². The Bertz CT molecular complexity index is 244. The van der Waals surface area contributed by atoms with E-state index in [2.05, 4.69) is 44.8 Å². The summed E-state index contributed by atoms with van der Waals surface area (Å²) in [5.41, 5.74) is 0.494. The van der Waals surface area contributed by atoms with Crippen molar-refractivity contribution in [2.45, 2.75) is 79.2 Å². The Hall–Kier alpha value is -0.0800. The molecule has 0 radical (unpaired) electrons. The monoisotopic (exact) mass is 282 g/mol. The third-order valence-electron chi connectivity index (χ3n) is 5.06. The van der Waals surface area contributed by atoms with E-state index >= 15 is 0 Å². The second-order valence-corrected chi connectivity index (χ2v) is 7.64. The number of likely N-dealkylation sites (tertiary alicyclic amines) is 1. The fourth-order valence-electron chi connectivity index (χ4n) is 3.55. The number of nitrogens with one attached hydrogen (secondary N) is 1. The molecule has 20 heavy (non-hydrogen) atoms. The lowest BCUT2D eigenvalue weighted by molar-refractivity contribution is 0.207. The van der Waals surface area contributed by atoms with Crippen molar-refractivity contribution < 1.29 is 0 Å². The van der Waals surface area contributed by atoms with E-state index in [1.54, 1.807) is 0 Å². The highest BCUT2D eigenvalue weighted by Gasteiger charge is 2.26. The first-order valence-electron chi connectivity index (χ1n) is 8.93. The molecule has 0 saturated carbocycles. The van der Waals surface area contributed by atoms with E-state index in [0.717, 1.165) is 18.5 Å². The quantitative estimate of drug-likeness (QED) is 0.749. The van der Waals surface area contributed by atoms with Gasteiger partial charge in [-0.3, -0.25) is 0 Å². The molecule has 0 aromatic carbocycles. The summed E-state index contributed by atoms with van der Waals surface area (Å²) in [5.74, 6) is 0.914. The summed E-state index contributed by atoms with van der Waals surface area (Å²) < 4.78 is 0. The Morgan fingerprint density at radius 2 is 1.90 bits per heavy atom. The van der Waals surface area contributed by atoms with Crippen molar-refractivity contribution in [1.29, 1.82) is 0 Å². The van der Waals surface area contributed by atoms with Crippen LogP contribution >= 0.6 is 0 Å². The van der Waals surface area contributed by atoms with Crippen LogP contribution in [0.15, 0.2) is 0 Å². The van der Waals surface area contributed by atoms with Gasteiger partial charge in [0.25, 0.3) is 0 Å². The Morgan fingerprint density at radius 3 is 2.50 bits per heavy atom. The average molecular weight is 283 g/mol. The van der Waals surface area contributed by atoms with E-state index in [1.807, 2.05) is 0 Å². The summed E-state index contributed by atoms with van der Waals surface area (Å²) in [4.78, 5) is 2.71. The molecule has 1 fully saturated rings. The molecule has 0 bridgehead atoms. The second kappa shape index (κ2) is 9.04. The molecule has 1 rings (SSSR count). The van der Waals surface area contributed by atoms with Crippen LogP contribution in [0.1, 0.15) is 73.1 Å². The van der Waals surface area contributed by atoms with Crippen molar-refractivity contribution in [3.8, 4) is 0 Å². The van der Waals surface area contributed by atoms with Crippen LogP contribution in [-0.4, -0.2) is 37.1 Å². The number of hydrogen-bond donors (Lipinski definition) is 1. The summed E-state index contributed by atoms with van der Waals surface area (Å²) in [6.45, 7) is 16.8. The van der Waals surface area contributed by atoms with Crippen LogP contribution in [0, 0.1) is 11.3 Å². The van der Waals surface area contributed by atoms with E-state index in [0.29, 0.717) is 5.41 Å². The third kappa shape index (κ3) is 6.58. The van der Waals surface area contributed by atoms with Gasteiger partial charge in [-0.05, 0) is 76.0 Å². The minimum absolute atomic E-state index is 0.494. The van der Waals surface area contributed by atoms with Gasteiger partial charge in [0.05, 0.1) is 0 Å². The lowest BCUT2D eigenvalue weighted by Crippen LogP contribution is -2.31. The SMILES string of the molecule is CCNC(CC)CCCN1CCCC(C(C)(C)C)CC1. The van der Waals surface area contributed by atoms with Crippen molar-refractivity contribution in [2.24, 2.45) is 11.3 Å². The molecule has 120 valence electrons. The van der Waals surface area contributed by atoms with Crippen LogP contribution in [0.2, 0.25) is 0 Å². The average Bonchev–Trinajstić information content (AvgIpc) is 2.63. The predicted octanol–water partition coefficient (Wildman–Crippen LogP) is 4.30. The van der Waals surface area contributed by atoms with Crippen molar-refractivity contribution in [2.75, 3.05) is 26.2 Å². The molecule has 0 aliphatic carbocycles. The van der Waals surface area contributed by atoms with Gasteiger partial charge in [0.15, 0.2) is 0 Å². The molecule has 2 heteroatoms. The molecule has 1 aliphatic rings. The fraction of sp³-hybridized carbons (Fsp3) is 1.00. The minimum Gasteiger partial charge on any atom is -0.314 e. The van der Waals surface area contributed by atoms with Gasteiger partial charge in [-0.25, -0.2) is 0 Å². The predicted molar refractivity (Wildman–Crippen MR) is 90.2 cm³/mol. The highest BCUT2D eigenvalue weighted by atomic mass is 15.1. The Balaban J connectivity index is 2.25. The largest absolute Gasteiger partial charge is 0.314 e. The molecular formula is C18H38N2. The lowest BCUT2D eigenvalue weighted by atomic mass is 9.77. The molecule has 1 N–H and O–H groups in total. The minimum atomic E-state index is 0.494. The zero-order valence-electron chi connectivity index (χ0n) is 14.7. The maximum absolute atomic E-state index is 3.59. The van der Waals surface area contributed by atoms with Crippen molar-refractivity contribution >= 4 is 0 Å². The second-order valence-electron chi connectivity index (χ2n) is 7.64. The van der Waals surface area contributed by atoms with Gasteiger partial charge in [-0.1, -0.05) is 34.6 Å². The van der Waals surface area contributed by atoms with Crippen LogP contribution in [0.25, 0.3) is 0 Å². The summed E-state index contributed by atoms with van der Waals surface area (Å²) in [6, 6.07) is 0.731. The van der Waals surface area contributed by atoms with Crippen LogP contribution < -0.4 is 5.32 Å². The van der Waals surface area contributed by atoms with Crippen molar-refractivity contribution in [3.05, 3.63) is 0 Å². The molecule has 2 nitrogen and oxygen atoms in total. The van der Waals surface area contributed by atoms with Crippen LogP contribution in [0.4, 0.5) is 0 Å². The summed E-state index contributed by atoms with van der Waals surface area (Å²) in [5, 5.41) is 3.59. The first-order chi connectivity index (χ1) is 9.47. The normalized spacial score (nSPS) is 23.6. The molecular weight excluding hydrogens is 244 g/mol. The van der Waals surface area contributed by atoms with E-state index < -0.39 is 0 Å². The van der Waals surface area contributed by atoms with Gasteiger partial charge in [-0.15, -0.1) is 0 Å². The highest BCUT2D eigenvalue weighted by molar-refractivity contribution is 4.79. The third-order valence-corrected chi connectivity index (χ3v) is 5.06. The maximum atomic E-state index is 3.59. The highest BCUT2D eigenvalue weighted by Crippen LogP contribution is 2.34. The Morgan fingerprint density at radius 1 is 1.15 bits per heavy atom. The molecule has 0 aromatic rings. The zero-order chi connectivity index (χ0) is 15.0. The number of rotatable bonds is 7. The molecule has 0 spiro atoms. The molecule has 1 aliphatic heterocycles. The summed E-state index contributed by atoms with van der Waals surface area (Å²) in [6.07, 6.45) is 8.17. The zero-order valence-corrected chi connectivity index (χ0v) is 14.7. The molecule has 0 aromatic heterocycles. The molecule has 0 amide bonds. The van der Waals surface area contributed by atoms with E-state index in [-0.39, 0.29) is 0 Å². The smallest absolute Gasteiger partial charge is 0.00647 e. The molecule has 2 atom stereocenters. The molecule has 1 saturated heterocycles. The van der Waals surface area contributed by atoms with Crippen molar-refractivity contribution in [1.82, 2.24) is 10.2 Å². The van der Waals surface area contributed by atoms with E-state index in [1.165, 1.54) is 58.2 Å². The lowest BCUT2D eigenvalue weighted by Gasteiger charge is -2.29. The topological polar surface area (TPSA) is 15.3 Å². The first-order valence-corrected chi connectivity index (χ1v) is 8.93. The first kappa shape index (κ1) is 18.0. The summed E-state index contributed by atoms with van der Waals surface area (Å²) >= 11 is 0. The van der Waals surface area contributed by atoms with Crippen molar-refractivity contribution in [3.63, 3.8) is 0 Å². The van der Waals surface area contributed by atoms with Gasteiger partial charge < -0.3 is 10.2 Å². The number of hydrogen-bond acceptors (Lipinski definition) is 2. The van der Waals surface area contributed by atoms with Gasteiger partial charge in [0.1, 0.15) is 0 Å². The van der Waals surface area contributed by atoms with Gasteiger partial charge in [-0.2, -0.15) is 0 Å². The van der Waals surface area contributed by atoms with E-state index in [9.17, 15) is 0 Å². The fourth-order valence-corrected chi connectivity index (χ4v) is 3.55. The maximum Gasteiger partial charge on any atom is 0.00647 e. The van der Waals surface area contributed by atoms with Gasteiger partial charge >= 0.3 is 0 Å². The van der Waals surface area contributed by atoms with Gasteiger partial charge in [0, 0.05) is 6.04 Å². The van der Waals surface area contributed by atoms with Crippen LogP contribution in [0.5, 0.6) is 0 Å². The number of nitrogens with zero attached hydrogens (tertiary/aromatic N) is 1. The van der Waals surface area contributed by atoms with Gasteiger partial charge in [0.2, 0.25) is 0 Å². The van der Waals surface area contributed by atoms with Crippen LogP contribution in [0.3, 0.4) is 0 Å². The Kier molecular flexibility index (Phi) is 8.13. The molecule has 2 unspecified atom stereocenters. The summed E-state index contributed by atoms with van der Waals surface area (Å²) in [7, 11) is 0. The van der Waals surface area contributed by atoms with Crippen LogP contribution in [-0.2, 0) is 0 Å². The Labute approximate surface area is 127 Å².